The van der Waals surface area contributed by atoms with E-state index in [1.54, 1.807) is 31.4 Å². The Labute approximate surface area is 163 Å². The molecule has 0 fully saturated rings. The van der Waals surface area contributed by atoms with Crippen molar-refractivity contribution in [3.05, 3.63) is 52.5 Å². The summed E-state index contributed by atoms with van der Waals surface area (Å²) >= 11 is 0. The largest absolute Gasteiger partial charge is 0.497 e. The number of hydrogen-bond donors (Lipinski definition) is 1. The quantitative estimate of drug-likeness (QED) is 0.607. The van der Waals surface area contributed by atoms with Gasteiger partial charge in [0.25, 0.3) is 5.91 Å². The van der Waals surface area contributed by atoms with Gasteiger partial charge in [-0.1, -0.05) is 13.0 Å². The Kier molecular flexibility index (Phi) is 6.13. The van der Waals surface area contributed by atoms with Crippen molar-refractivity contribution in [2.24, 2.45) is 5.10 Å². The van der Waals surface area contributed by atoms with Crippen LogP contribution >= 0.6 is 0 Å². The number of methoxy groups -OCH3 is 1. The molecule has 1 N–H and O–H groups in total. The second-order valence-electron chi connectivity index (χ2n) is 6.58. The fourth-order valence-corrected chi connectivity index (χ4v) is 3.18. The number of furan rings is 1. The molecule has 1 aliphatic rings. The Morgan fingerprint density at radius 3 is 2.86 bits per heavy atom. The number of esters is 1. The van der Waals surface area contributed by atoms with Crippen LogP contribution in [0.4, 0.5) is 0 Å². The molecule has 0 spiro atoms. The maximum absolute atomic E-state index is 12.4. The molecule has 28 heavy (non-hydrogen) atoms. The van der Waals surface area contributed by atoms with Gasteiger partial charge in [0, 0.05) is 23.1 Å². The van der Waals surface area contributed by atoms with E-state index in [4.69, 9.17) is 13.9 Å². The fourth-order valence-electron chi connectivity index (χ4n) is 3.18. The van der Waals surface area contributed by atoms with E-state index in [0.717, 1.165) is 24.8 Å². The Morgan fingerprint density at radius 2 is 2.11 bits per heavy atom. The summed E-state index contributed by atoms with van der Waals surface area (Å²) in [4.78, 5) is 24.6. The number of nitrogens with one attached hydrogen (secondary N) is 1. The number of nitrogens with zero attached hydrogens (tertiary/aromatic N) is 1. The van der Waals surface area contributed by atoms with Crippen LogP contribution in [0.3, 0.4) is 0 Å². The molecule has 1 aliphatic carbocycles. The third kappa shape index (κ3) is 4.08. The molecule has 3 rings (SSSR count). The molecule has 0 radical (unpaired) electrons. The molecule has 0 bridgehead atoms. The highest BCUT2D eigenvalue weighted by molar-refractivity contribution is 6.06. The summed E-state index contributed by atoms with van der Waals surface area (Å²) in [5.74, 6) is 0.727. The van der Waals surface area contributed by atoms with Crippen LogP contribution in [0.25, 0.3) is 0 Å². The van der Waals surface area contributed by atoms with Gasteiger partial charge in [-0.05, 0) is 44.4 Å². The van der Waals surface area contributed by atoms with E-state index < -0.39 is 5.97 Å². The molecule has 148 valence electrons. The summed E-state index contributed by atoms with van der Waals surface area (Å²) in [5, 5.41) is 4.32. The third-order valence-corrected chi connectivity index (χ3v) is 4.57. The topological polar surface area (TPSA) is 90.1 Å². The first-order valence-corrected chi connectivity index (χ1v) is 9.35. The average Bonchev–Trinajstić information content (AvgIpc) is 3.07. The van der Waals surface area contributed by atoms with E-state index in [9.17, 15) is 9.59 Å². The molecule has 1 amide bonds. The standard InChI is InChI=1S/C21H24N2O5/c1-4-11-27-21(25)19-13(2)18-16(9-6-10-17(18)28-19)22-23-20(24)14-7-5-8-15(12-14)26-3/h5,7-8,12H,4,6,9-11H2,1-3H3,(H,23,24)/b22-16+. The molecule has 0 saturated heterocycles. The predicted octanol–water partition coefficient (Wildman–Crippen LogP) is 3.63. The Balaban J connectivity index is 1.82. The van der Waals surface area contributed by atoms with Crippen LogP contribution in [0.2, 0.25) is 0 Å². The minimum atomic E-state index is -0.464. The highest BCUT2D eigenvalue weighted by Crippen LogP contribution is 2.30. The number of ether oxygens (including phenoxy) is 2. The second-order valence-corrected chi connectivity index (χ2v) is 6.58. The average molecular weight is 384 g/mol. The van der Waals surface area contributed by atoms with Crippen molar-refractivity contribution < 1.29 is 23.5 Å². The van der Waals surface area contributed by atoms with Gasteiger partial charge >= 0.3 is 5.97 Å². The van der Waals surface area contributed by atoms with Gasteiger partial charge in [-0.2, -0.15) is 5.10 Å². The summed E-state index contributed by atoms with van der Waals surface area (Å²) in [6, 6.07) is 6.85. The van der Waals surface area contributed by atoms with Gasteiger partial charge in [0.2, 0.25) is 5.76 Å². The maximum Gasteiger partial charge on any atom is 0.374 e. The highest BCUT2D eigenvalue weighted by Gasteiger charge is 2.28. The van der Waals surface area contributed by atoms with Crippen LogP contribution in [0.5, 0.6) is 5.75 Å². The molecule has 7 heteroatoms. The lowest BCUT2D eigenvalue weighted by Crippen LogP contribution is -2.22. The zero-order valence-corrected chi connectivity index (χ0v) is 16.3. The Hall–Kier alpha value is -3.09. The van der Waals surface area contributed by atoms with Gasteiger partial charge < -0.3 is 13.9 Å². The second kappa shape index (κ2) is 8.73. The van der Waals surface area contributed by atoms with Crippen molar-refractivity contribution in [3.63, 3.8) is 0 Å². The zero-order chi connectivity index (χ0) is 20.1. The number of amides is 1. The Bertz CT molecular complexity index is 914. The van der Waals surface area contributed by atoms with Gasteiger partial charge in [-0.15, -0.1) is 0 Å². The van der Waals surface area contributed by atoms with Crippen molar-refractivity contribution >= 4 is 17.6 Å². The first kappa shape index (κ1) is 19.7. The molecule has 0 aliphatic heterocycles. The molecule has 0 atom stereocenters. The monoisotopic (exact) mass is 384 g/mol. The molecule has 1 aromatic carbocycles. The van der Waals surface area contributed by atoms with Crippen molar-refractivity contribution in [1.29, 1.82) is 0 Å². The van der Waals surface area contributed by atoms with E-state index >= 15 is 0 Å². The van der Waals surface area contributed by atoms with Crippen LogP contribution in [-0.4, -0.2) is 31.3 Å². The number of hydrazone groups is 1. The maximum atomic E-state index is 12.4. The predicted molar refractivity (Wildman–Crippen MR) is 104 cm³/mol. The highest BCUT2D eigenvalue weighted by atomic mass is 16.5. The van der Waals surface area contributed by atoms with E-state index in [1.807, 2.05) is 13.8 Å². The van der Waals surface area contributed by atoms with Gasteiger partial charge in [-0.25, -0.2) is 10.2 Å². The summed E-state index contributed by atoms with van der Waals surface area (Å²) in [7, 11) is 1.55. The molecule has 2 aromatic rings. The van der Waals surface area contributed by atoms with Crippen LogP contribution < -0.4 is 10.2 Å². The van der Waals surface area contributed by atoms with E-state index in [0.29, 0.717) is 41.4 Å². The molecule has 0 saturated carbocycles. The van der Waals surface area contributed by atoms with Gasteiger partial charge in [0.1, 0.15) is 11.5 Å². The smallest absolute Gasteiger partial charge is 0.374 e. The summed E-state index contributed by atoms with van der Waals surface area (Å²) < 4.78 is 16.1. The van der Waals surface area contributed by atoms with Crippen LogP contribution in [0.1, 0.15) is 64.0 Å². The minimum Gasteiger partial charge on any atom is -0.497 e. The van der Waals surface area contributed by atoms with Crippen LogP contribution in [0, 0.1) is 6.92 Å². The number of carbonyl (C=O) groups excluding carboxylic acids is 2. The third-order valence-electron chi connectivity index (χ3n) is 4.57. The molecule has 0 unspecified atom stereocenters. The normalized spacial score (nSPS) is 14.5. The van der Waals surface area contributed by atoms with Gasteiger partial charge in [0.15, 0.2) is 0 Å². The zero-order valence-electron chi connectivity index (χ0n) is 16.3. The molecule has 7 nitrogen and oxygen atoms in total. The summed E-state index contributed by atoms with van der Waals surface area (Å²) in [5.41, 5.74) is 5.24. The van der Waals surface area contributed by atoms with Crippen molar-refractivity contribution in [3.8, 4) is 5.75 Å². The van der Waals surface area contributed by atoms with Crippen molar-refractivity contribution in [2.45, 2.75) is 39.5 Å². The molecular weight excluding hydrogens is 360 g/mol. The van der Waals surface area contributed by atoms with E-state index in [2.05, 4.69) is 10.5 Å². The Morgan fingerprint density at radius 1 is 1.29 bits per heavy atom. The first-order valence-electron chi connectivity index (χ1n) is 9.35. The van der Waals surface area contributed by atoms with E-state index in [-0.39, 0.29) is 11.7 Å². The lowest BCUT2D eigenvalue weighted by molar-refractivity contribution is 0.0465. The lowest BCUT2D eigenvalue weighted by Gasteiger charge is -2.13. The molecule has 1 aromatic heterocycles. The summed E-state index contributed by atoms with van der Waals surface area (Å²) in [6.07, 6.45) is 2.99. The van der Waals surface area contributed by atoms with Crippen molar-refractivity contribution in [1.82, 2.24) is 5.43 Å². The van der Waals surface area contributed by atoms with Gasteiger partial charge in [-0.3, -0.25) is 4.79 Å². The van der Waals surface area contributed by atoms with Crippen LogP contribution in [0.15, 0.2) is 33.8 Å². The van der Waals surface area contributed by atoms with Crippen LogP contribution in [-0.2, 0) is 11.2 Å². The lowest BCUT2D eigenvalue weighted by atomic mass is 9.93. The minimum absolute atomic E-state index is 0.215. The summed E-state index contributed by atoms with van der Waals surface area (Å²) in [6.45, 7) is 4.10. The molecule has 1 heterocycles. The van der Waals surface area contributed by atoms with Gasteiger partial charge in [0.05, 0.1) is 19.4 Å². The molecular formula is C21H24N2O5. The first-order chi connectivity index (χ1) is 13.5. The number of hydrogen-bond acceptors (Lipinski definition) is 6. The fraction of sp³-hybridized carbons (Fsp3) is 0.381. The van der Waals surface area contributed by atoms with Crippen molar-refractivity contribution in [2.75, 3.05) is 13.7 Å². The number of benzene rings is 1. The SMILES string of the molecule is CCCOC(=O)c1oc2c(c1C)/C(=N/NC(=O)c1cccc(OC)c1)CCC2. The number of fused-ring (bicyclic) bond motifs is 1. The number of rotatable bonds is 6. The van der Waals surface area contributed by atoms with E-state index in [1.165, 1.54) is 0 Å². The number of aryl methyl sites for hydroxylation is 1. The number of carbonyl (C=O) groups is 2.